The molecule has 1 aliphatic rings. The van der Waals surface area contributed by atoms with Gasteiger partial charge in [0.1, 0.15) is 0 Å². The summed E-state index contributed by atoms with van der Waals surface area (Å²) < 4.78 is 0. The SMILES string of the molecule is CC(C)(C)c1ccc([C@@H](N)C2CCC2)cc1.Cl. The van der Waals surface area contributed by atoms with E-state index in [1.54, 1.807) is 0 Å². The largest absolute Gasteiger partial charge is 0.324 e. The minimum Gasteiger partial charge on any atom is -0.324 e. The molecular formula is C15H24ClN. The second-order valence-electron chi connectivity index (χ2n) is 6.09. The smallest absolute Gasteiger partial charge is 0.0323 e. The molecule has 0 amide bonds. The molecule has 96 valence electrons. The van der Waals surface area contributed by atoms with E-state index >= 15 is 0 Å². The molecule has 1 saturated carbocycles. The van der Waals surface area contributed by atoms with Crippen LogP contribution in [0.1, 0.15) is 57.2 Å². The average Bonchev–Trinajstić information content (AvgIpc) is 2.14. The summed E-state index contributed by atoms with van der Waals surface area (Å²) in [4.78, 5) is 0. The van der Waals surface area contributed by atoms with Crippen LogP contribution in [-0.2, 0) is 5.41 Å². The van der Waals surface area contributed by atoms with Crippen LogP contribution in [0.25, 0.3) is 0 Å². The van der Waals surface area contributed by atoms with Gasteiger partial charge >= 0.3 is 0 Å². The Morgan fingerprint density at radius 1 is 1.12 bits per heavy atom. The third-order valence-corrected chi connectivity index (χ3v) is 3.82. The highest BCUT2D eigenvalue weighted by Crippen LogP contribution is 2.36. The molecule has 0 radical (unpaired) electrons. The Bertz CT molecular complexity index is 346. The zero-order valence-corrected chi connectivity index (χ0v) is 11.9. The van der Waals surface area contributed by atoms with E-state index in [1.807, 2.05) is 0 Å². The minimum absolute atomic E-state index is 0. The molecule has 1 atom stereocenters. The van der Waals surface area contributed by atoms with Gasteiger partial charge in [-0.1, -0.05) is 51.5 Å². The van der Waals surface area contributed by atoms with Gasteiger partial charge in [0.15, 0.2) is 0 Å². The number of rotatable bonds is 2. The van der Waals surface area contributed by atoms with Gasteiger partial charge in [-0.3, -0.25) is 0 Å². The predicted molar refractivity (Wildman–Crippen MR) is 76.7 cm³/mol. The van der Waals surface area contributed by atoms with E-state index in [0.717, 1.165) is 5.92 Å². The highest BCUT2D eigenvalue weighted by molar-refractivity contribution is 5.85. The number of halogens is 1. The van der Waals surface area contributed by atoms with Crippen LogP contribution in [0.4, 0.5) is 0 Å². The lowest BCUT2D eigenvalue weighted by Gasteiger charge is -2.31. The molecule has 17 heavy (non-hydrogen) atoms. The van der Waals surface area contributed by atoms with Gasteiger partial charge in [-0.15, -0.1) is 12.4 Å². The molecule has 0 aromatic heterocycles. The zero-order chi connectivity index (χ0) is 11.8. The summed E-state index contributed by atoms with van der Waals surface area (Å²) in [5, 5.41) is 0. The molecule has 1 aromatic rings. The zero-order valence-electron chi connectivity index (χ0n) is 11.1. The normalized spacial score (nSPS) is 18.1. The summed E-state index contributed by atoms with van der Waals surface area (Å²) >= 11 is 0. The number of nitrogens with two attached hydrogens (primary N) is 1. The summed E-state index contributed by atoms with van der Waals surface area (Å²) in [5.41, 5.74) is 9.18. The van der Waals surface area contributed by atoms with Crippen LogP contribution < -0.4 is 5.73 Å². The van der Waals surface area contributed by atoms with Crippen molar-refractivity contribution in [3.05, 3.63) is 35.4 Å². The van der Waals surface area contributed by atoms with Crippen LogP contribution in [0.5, 0.6) is 0 Å². The van der Waals surface area contributed by atoms with Crippen LogP contribution in [0.2, 0.25) is 0 Å². The molecule has 1 aliphatic carbocycles. The lowest BCUT2D eigenvalue weighted by molar-refractivity contribution is 0.264. The van der Waals surface area contributed by atoms with Crippen molar-refractivity contribution in [1.82, 2.24) is 0 Å². The van der Waals surface area contributed by atoms with Crippen molar-refractivity contribution >= 4 is 12.4 Å². The number of benzene rings is 1. The van der Waals surface area contributed by atoms with Gasteiger partial charge < -0.3 is 5.73 Å². The van der Waals surface area contributed by atoms with Crippen LogP contribution >= 0.6 is 12.4 Å². The van der Waals surface area contributed by atoms with Crippen molar-refractivity contribution in [2.45, 2.75) is 51.5 Å². The van der Waals surface area contributed by atoms with Gasteiger partial charge in [0.05, 0.1) is 0 Å². The topological polar surface area (TPSA) is 26.0 Å². The molecule has 0 unspecified atom stereocenters. The number of hydrogen-bond acceptors (Lipinski definition) is 1. The maximum Gasteiger partial charge on any atom is 0.0323 e. The molecule has 1 fully saturated rings. The van der Waals surface area contributed by atoms with Gasteiger partial charge in [0.2, 0.25) is 0 Å². The van der Waals surface area contributed by atoms with Gasteiger partial charge in [0.25, 0.3) is 0 Å². The summed E-state index contributed by atoms with van der Waals surface area (Å²) in [7, 11) is 0. The van der Waals surface area contributed by atoms with Gasteiger partial charge in [0, 0.05) is 6.04 Å². The average molecular weight is 254 g/mol. The molecule has 0 spiro atoms. The van der Waals surface area contributed by atoms with Crippen LogP contribution in [-0.4, -0.2) is 0 Å². The van der Waals surface area contributed by atoms with E-state index in [0.29, 0.717) is 0 Å². The van der Waals surface area contributed by atoms with Gasteiger partial charge in [-0.05, 0) is 35.3 Å². The van der Waals surface area contributed by atoms with Gasteiger partial charge in [-0.2, -0.15) is 0 Å². The maximum atomic E-state index is 6.26. The summed E-state index contributed by atoms with van der Waals surface area (Å²) in [6.45, 7) is 6.73. The molecule has 0 heterocycles. The molecule has 2 N–H and O–H groups in total. The van der Waals surface area contributed by atoms with Crippen LogP contribution in [0.15, 0.2) is 24.3 Å². The van der Waals surface area contributed by atoms with E-state index in [4.69, 9.17) is 5.73 Å². The highest BCUT2D eigenvalue weighted by Gasteiger charge is 2.25. The van der Waals surface area contributed by atoms with E-state index in [1.165, 1.54) is 30.4 Å². The van der Waals surface area contributed by atoms with E-state index in [2.05, 4.69) is 45.0 Å². The lowest BCUT2D eigenvalue weighted by Crippen LogP contribution is -2.26. The molecule has 0 aliphatic heterocycles. The first-order valence-electron chi connectivity index (χ1n) is 6.34. The molecule has 2 heteroatoms. The Morgan fingerprint density at radius 2 is 1.65 bits per heavy atom. The Balaban J connectivity index is 0.00000144. The molecule has 1 aromatic carbocycles. The van der Waals surface area contributed by atoms with E-state index < -0.39 is 0 Å². The second kappa shape index (κ2) is 5.41. The Kier molecular flexibility index (Phi) is 4.62. The van der Waals surface area contributed by atoms with Gasteiger partial charge in [-0.25, -0.2) is 0 Å². The number of hydrogen-bond donors (Lipinski definition) is 1. The standard InChI is InChI=1S/C15H23N.ClH/c1-15(2,3)13-9-7-12(8-10-13)14(16)11-5-4-6-11;/h7-11,14H,4-6,16H2,1-3H3;1H/t14-;/m0./s1. The molecule has 2 rings (SSSR count). The van der Waals surface area contributed by atoms with Crippen molar-refractivity contribution in [1.29, 1.82) is 0 Å². The fourth-order valence-electron chi connectivity index (χ4n) is 2.28. The van der Waals surface area contributed by atoms with Crippen LogP contribution in [0.3, 0.4) is 0 Å². The van der Waals surface area contributed by atoms with Crippen molar-refractivity contribution in [2.75, 3.05) is 0 Å². The van der Waals surface area contributed by atoms with Crippen molar-refractivity contribution in [3.8, 4) is 0 Å². The Hall–Kier alpha value is -0.530. The fourth-order valence-corrected chi connectivity index (χ4v) is 2.28. The monoisotopic (exact) mass is 253 g/mol. The minimum atomic E-state index is 0. The van der Waals surface area contributed by atoms with Crippen molar-refractivity contribution in [2.24, 2.45) is 11.7 Å². The van der Waals surface area contributed by atoms with E-state index in [9.17, 15) is 0 Å². The first-order valence-corrected chi connectivity index (χ1v) is 6.34. The second-order valence-corrected chi connectivity index (χ2v) is 6.09. The molecule has 1 nitrogen and oxygen atoms in total. The molecule has 0 bridgehead atoms. The first-order chi connectivity index (χ1) is 7.48. The summed E-state index contributed by atoms with van der Waals surface area (Å²) in [6.07, 6.45) is 3.98. The van der Waals surface area contributed by atoms with E-state index in [-0.39, 0.29) is 23.9 Å². The lowest BCUT2D eigenvalue weighted by atomic mass is 9.77. The third kappa shape index (κ3) is 3.23. The Morgan fingerprint density at radius 3 is 2.00 bits per heavy atom. The summed E-state index contributed by atoms with van der Waals surface area (Å²) in [5.74, 6) is 0.723. The molecule has 0 saturated heterocycles. The van der Waals surface area contributed by atoms with Crippen molar-refractivity contribution < 1.29 is 0 Å². The third-order valence-electron chi connectivity index (χ3n) is 3.82. The van der Waals surface area contributed by atoms with Crippen molar-refractivity contribution in [3.63, 3.8) is 0 Å². The quantitative estimate of drug-likeness (QED) is 0.840. The summed E-state index contributed by atoms with van der Waals surface area (Å²) in [6, 6.07) is 9.14. The Labute approximate surface area is 111 Å². The highest BCUT2D eigenvalue weighted by atomic mass is 35.5. The fraction of sp³-hybridized carbons (Fsp3) is 0.600. The maximum absolute atomic E-state index is 6.26. The first kappa shape index (κ1) is 14.5. The predicted octanol–water partition coefficient (Wildman–Crippen LogP) is 4.21. The molecular weight excluding hydrogens is 230 g/mol. The van der Waals surface area contributed by atoms with Crippen LogP contribution in [0, 0.1) is 5.92 Å².